The molecule has 0 fully saturated rings. The van der Waals surface area contributed by atoms with Gasteiger partial charge in [0.1, 0.15) is 0 Å². The molecule has 0 saturated heterocycles. The Morgan fingerprint density at radius 1 is 0.833 bits per heavy atom. The van der Waals surface area contributed by atoms with Gasteiger partial charge in [0.2, 0.25) is 0 Å². The number of nitrogens with zero attached hydrogens (tertiary/aromatic N) is 3. The predicted octanol–water partition coefficient (Wildman–Crippen LogP) is 1.73. The van der Waals surface area contributed by atoms with Crippen LogP contribution >= 0.6 is 0 Å². The summed E-state index contributed by atoms with van der Waals surface area (Å²) in [5.41, 5.74) is 2.02. The van der Waals surface area contributed by atoms with Gasteiger partial charge in [-0.25, -0.2) is 0 Å². The van der Waals surface area contributed by atoms with Gasteiger partial charge in [0.05, 0.1) is 0 Å². The van der Waals surface area contributed by atoms with Crippen LogP contribution in [0.2, 0.25) is 0 Å². The van der Waals surface area contributed by atoms with Gasteiger partial charge in [-0.2, -0.15) is 0 Å². The zero-order valence-corrected chi connectivity index (χ0v) is 11.2. The molecular formula is C14H10N3Se. The van der Waals surface area contributed by atoms with Crippen LogP contribution in [0, 0.1) is 0 Å². The van der Waals surface area contributed by atoms with Crippen LogP contribution in [0.15, 0.2) is 60.7 Å². The van der Waals surface area contributed by atoms with Crippen LogP contribution in [0.4, 0.5) is 0 Å². The predicted molar refractivity (Wildman–Crippen MR) is 72.2 cm³/mol. The Labute approximate surface area is 113 Å². The van der Waals surface area contributed by atoms with E-state index in [9.17, 15) is 0 Å². The normalized spacial score (nSPS) is 10.4. The van der Waals surface area contributed by atoms with E-state index in [2.05, 4.69) is 26.1 Å². The quantitative estimate of drug-likeness (QED) is 0.675. The van der Waals surface area contributed by atoms with Crippen molar-refractivity contribution in [3.8, 4) is 17.1 Å². The van der Waals surface area contributed by atoms with Gasteiger partial charge in [-0.3, -0.25) is 0 Å². The van der Waals surface area contributed by atoms with E-state index in [4.69, 9.17) is 0 Å². The molecule has 4 heteroatoms. The van der Waals surface area contributed by atoms with Crippen molar-refractivity contribution >= 4 is 20.7 Å². The van der Waals surface area contributed by atoms with E-state index in [0.29, 0.717) is 0 Å². The maximum atomic E-state index is 4.52. The zero-order valence-electron chi connectivity index (χ0n) is 9.52. The van der Waals surface area contributed by atoms with Crippen LogP contribution < -0.4 is 4.72 Å². The van der Waals surface area contributed by atoms with Gasteiger partial charge in [-0.05, 0) is 0 Å². The Kier molecular flexibility index (Phi) is 2.97. The number of benzene rings is 2. The molecule has 1 aromatic heterocycles. The van der Waals surface area contributed by atoms with Crippen LogP contribution in [0.25, 0.3) is 17.1 Å². The first-order valence-corrected chi connectivity index (χ1v) is 6.45. The van der Waals surface area contributed by atoms with Crippen molar-refractivity contribution in [1.29, 1.82) is 0 Å². The Hall–Kier alpha value is -1.90. The molecule has 0 bridgehead atoms. The van der Waals surface area contributed by atoms with E-state index in [-0.39, 0.29) is 0 Å². The van der Waals surface area contributed by atoms with Gasteiger partial charge in [-0.15, -0.1) is 0 Å². The molecule has 0 amide bonds. The third-order valence-electron chi connectivity index (χ3n) is 2.61. The molecule has 0 aliphatic carbocycles. The average Bonchev–Trinajstić information content (AvgIpc) is 2.83. The van der Waals surface area contributed by atoms with E-state index in [0.717, 1.165) is 21.8 Å². The first-order chi connectivity index (χ1) is 8.84. The maximum absolute atomic E-state index is 4.52. The minimum absolute atomic E-state index is 0.730. The molecule has 0 atom stereocenters. The molecule has 0 aliphatic rings. The van der Waals surface area contributed by atoms with Crippen molar-refractivity contribution in [1.82, 2.24) is 14.8 Å². The molecule has 2 aromatic carbocycles. The topological polar surface area (TPSA) is 30.7 Å². The van der Waals surface area contributed by atoms with Crippen molar-refractivity contribution in [3.05, 3.63) is 60.7 Å². The van der Waals surface area contributed by atoms with E-state index in [1.165, 1.54) is 0 Å². The third-order valence-corrected chi connectivity index (χ3v) is 3.16. The molecule has 0 spiro atoms. The zero-order chi connectivity index (χ0) is 12.4. The first kappa shape index (κ1) is 11.2. The van der Waals surface area contributed by atoms with Gasteiger partial charge >= 0.3 is 113 Å². The summed E-state index contributed by atoms with van der Waals surface area (Å²) < 4.78 is 2.57. The van der Waals surface area contributed by atoms with Crippen molar-refractivity contribution < 1.29 is 0 Å². The molecule has 3 rings (SSSR count). The summed E-state index contributed by atoms with van der Waals surface area (Å²) in [5.74, 6) is 0.730. The van der Waals surface area contributed by atoms with Crippen molar-refractivity contribution in [2.45, 2.75) is 0 Å². The fraction of sp³-hybridized carbons (Fsp3) is 0. The molecule has 1 heterocycles. The number of hydrogen-bond acceptors (Lipinski definition) is 2. The summed E-state index contributed by atoms with van der Waals surface area (Å²) in [6.45, 7) is 0. The summed E-state index contributed by atoms with van der Waals surface area (Å²) in [5, 5.41) is 4.52. The van der Waals surface area contributed by atoms with Crippen LogP contribution in [0.1, 0.15) is 0 Å². The molecule has 0 aliphatic heterocycles. The van der Waals surface area contributed by atoms with Crippen LogP contribution in [-0.2, 0) is 0 Å². The van der Waals surface area contributed by atoms with Gasteiger partial charge in [0, 0.05) is 0 Å². The third kappa shape index (κ3) is 2.08. The fourth-order valence-corrected chi connectivity index (χ4v) is 2.23. The van der Waals surface area contributed by atoms with Gasteiger partial charge in [-0.1, -0.05) is 0 Å². The Balaban J connectivity index is 2.07. The summed E-state index contributed by atoms with van der Waals surface area (Å²) in [4.78, 5) is 4.45. The second-order valence-electron chi connectivity index (χ2n) is 3.83. The molecule has 87 valence electrons. The van der Waals surface area contributed by atoms with Crippen molar-refractivity contribution in [2.24, 2.45) is 0 Å². The first-order valence-electron chi connectivity index (χ1n) is 5.59. The SMILES string of the molecule is [Se]c1nc(-c2ccccc2)nn1-c1ccccc1. The van der Waals surface area contributed by atoms with E-state index in [1.807, 2.05) is 65.3 Å². The standard InChI is InChI=1S/C14H10N3Se/c18-14-15-13(11-7-3-1-4-8-11)16-17(14)12-9-5-2-6-10-12/h1-10H. The number of para-hydroxylation sites is 1. The van der Waals surface area contributed by atoms with Crippen LogP contribution in [0.3, 0.4) is 0 Å². The van der Waals surface area contributed by atoms with Crippen LogP contribution in [-0.4, -0.2) is 30.8 Å². The van der Waals surface area contributed by atoms with Crippen LogP contribution in [0.5, 0.6) is 0 Å². The second kappa shape index (κ2) is 4.76. The minimum atomic E-state index is 0.730. The molecule has 18 heavy (non-hydrogen) atoms. The Morgan fingerprint density at radius 2 is 1.44 bits per heavy atom. The number of hydrogen-bond donors (Lipinski definition) is 0. The summed E-state index contributed by atoms with van der Waals surface area (Å²) in [6.07, 6.45) is 0. The second-order valence-corrected chi connectivity index (χ2v) is 4.60. The van der Waals surface area contributed by atoms with E-state index >= 15 is 0 Å². The monoisotopic (exact) mass is 300 g/mol. The molecule has 0 unspecified atom stereocenters. The molecule has 0 saturated carbocycles. The van der Waals surface area contributed by atoms with Gasteiger partial charge in [0.15, 0.2) is 0 Å². The van der Waals surface area contributed by atoms with Gasteiger partial charge in [0.25, 0.3) is 0 Å². The van der Waals surface area contributed by atoms with Crippen molar-refractivity contribution in [3.63, 3.8) is 0 Å². The molecular weight excluding hydrogens is 289 g/mol. The Bertz CT molecular complexity index is 647. The van der Waals surface area contributed by atoms with E-state index < -0.39 is 0 Å². The summed E-state index contributed by atoms with van der Waals surface area (Å²) >= 11 is 2.95. The van der Waals surface area contributed by atoms with Gasteiger partial charge < -0.3 is 0 Å². The fourth-order valence-electron chi connectivity index (χ4n) is 1.74. The van der Waals surface area contributed by atoms with E-state index in [1.54, 1.807) is 0 Å². The molecule has 0 N–H and O–H groups in total. The molecule has 3 aromatic rings. The Morgan fingerprint density at radius 3 is 2.11 bits per heavy atom. The number of aromatic nitrogens is 3. The molecule has 3 nitrogen and oxygen atoms in total. The average molecular weight is 299 g/mol. The number of rotatable bonds is 2. The summed E-state index contributed by atoms with van der Waals surface area (Å²) in [6, 6.07) is 19.9. The summed E-state index contributed by atoms with van der Waals surface area (Å²) in [7, 11) is 0. The van der Waals surface area contributed by atoms with Crippen molar-refractivity contribution in [2.75, 3.05) is 0 Å². The molecule has 1 radical (unpaired) electrons.